The van der Waals surface area contributed by atoms with E-state index < -0.39 is 11.1 Å². The summed E-state index contributed by atoms with van der Waals surface area (Å²) in [7, 11) is 0. The number of thioether (sulfide) groups is 1. The van der Waals surface area contributed by atoms with Crippen LogP contribution in [0.15, 0.2) is 76.1 Å². The molecule has 2 amide bonds. The third-order valence-corrected chi connectivity index (χ3v) is 6.45. The van der Waals surface area contributed by atoms with E-state index in [4.69, 9.17) is 9.47 Å². The molecule has 0 bridgehead atoms. The van der Waals surface area contributed by atoms with E-state index in [0.29, 0.717) is 22.6 Å². The number of halogens is 2. The highest BCUT2D eigenvalue weighted by Crippen LogP contribution is 2.35. The number of nitriles is 1. The van der Waals surface area contributed by atoms with Crippen LogP contribution in [0.25, 0.3) is 6.08 Å². The lowest BCUT2D eigenvalue weighted by Gasteiger charge is -2.13. The first kappa shape index (κ1) is 24.5. The third kappa shape index (κ3) is 6.10. The summed E-state index contributed by atoms with van der Waals surface area (Å²) in [6, 6.07) is 20.1. The Balaban J connectivity index is 1.46. The summed E-state index contributed by atoms with van der Waals surface area (Å²) >= 11 is 4.27. The minimum atomic E-state index is -0.427. The van der Waals surface area contributed by atoms with Crippen LogP contribution < -0.4 is 9.47 Å². The van der Waals surface area contributed by atoms with Gasteiger partial charge >= 0.3 is 0 Å². The molecular weight excluding hydrogens is 535 g/mol. The summed E-state index contributed by atoms with van der Waals surface area (Å²) in [5, 5.41) is 8.89. The largest absolute Gasteiger partial charge is 0.492 e. The number of nitrogens with zero attached hydrogens (tertiary/aromatic N) is 2. The van der Waals surface area contributed by atoms with Gasteiger partial charge in [0.05, 0.1) is 23.1 Å². The normalized spacial score (nSPS) is 14.3. The van der Waals surface area contributed by atoms with Gasteiger partial charge in [-0.25, -0.2) is 4.39 Å². The molecule has 1 fully saturated rings. The van der Waals surface area contributed by atoms with E-state index in [9.17, 15) is 19.2 Å². The maximum Gasteiger partial charge on any atom is 0.293 e. The number of imide groups is 1. The van der Waals surface area contributed by atoms with Crippen molar-refractivity contribution in [3.8, 4) is 17.6 Å². The topological polar surface area (TPSA) is 79.6 Å². The Morgan fingerprint density at radius 3 is 2.60 bits per heavy atom. The van der Waals surface area contributed by atoms with Crippen LogP contribution in [0, 0.1) is 17.1 Å². The van der Waals surface area contributed by atoms with Crippen LogP contribution >= 0.6 is 27.7 Å². The van der Waals surface area contributed by atoms with Gasteiger partial charge in [0.2, 0.25) is 0 Å². The molecule has 4 rings (SSSR count). The van der Waals surface area contributed by atoms with Gasteiger partial charge in [-0.05, 0) is 66.4 Å². The van der Waals surface area contributed by atoms with Crippen LogP contribution in [0.3, 0.4) is 0 Å². The predicted octanol–water partition coefficient (Wildman–Crippen LogP) is 6.15. The van der Waals surface area contributed by atoms with E-state index in [1.165, 1.54) is 24.3 Å². The molecule has 0 aromatic heterocycles. The van der Waals surface area contributed by atoms with Crippen molar-refractivity contribution in [2.24, 2.45) is 0 Å². The van der Waals surface area contributed by atoms with Gasteiger partial charge in [-0.3, -0.25) is 14.5 Å². The van der Waals surface area contributed by atoms with Crippen LogP contribution in [0.2, 0.25) is 0 Å². The van der Waals surface area contributed by atoms with Crippen molar-refractivity contribution in [2.45, 2.75) is 6.61 Å². The van der Waals surface area contributed by atoms with Crippen molar-refractivity contribution in [1.82, 2.24) is 4.90 Å². The van der Waals surface area contributed by atoms with Gasteiger partial charge in [-0.15, -0.1) is 0 Å². The van der Waals surface area contributed by atoms with Gasteiger partial charge in [0, 0.05) is 15.6 Å². The average molecular weight is 553 g/mol. The standard InChI is InChI=1S/C26H18BrFN2O4S/c27-20-5-10-23(34-16-18-4-2-1-3-17(18)15-29)19(13-20)14-24-25(31)30(26(32)35-24)11-12-33-22-8-6-21(28)7-9-22/h1-10,13-14H,11-12,16H2/b24-14-. The van der Waals surface area contributed by atoms with E-state index in [2.05, 4.69) is 22.0 Å². The molecule has 176 valence electrons. The second-order valence-electron chi connectivity index (χ2n) is 7.38. The molecule has 0 unspecified atom stereocenters. The number of benzene rings is 3. The van der Waals surface area contributed by atoms with Crippen LogP contribution in [0.1, 0.15) is 16.7 Å². The molecule has 0 radical (unpaired) electrons. The number of carbonyl (C=O) groups is 2. The zero-order valence-electron chi connectivity index (χ0n) is 18.2. The summed E-state index contributed by atoms with van der Waals surface area (Å²) < 4.78 is 25.3. The maximum atomic E-state index is 13.0. The molecule has 1 aliphatic heterocycles. The molecule has 1 saturated heterocycles. The lowest BCUT2D eigenvalue weighted by Crippen LogP contribution is -2.32. The third-order valence-electron chi connectivity index (χ3n) is 5.05. The van der Waals surface area contributed by atoms with E-state index in [1.54, 1.807) is 36.4 Å². The van der Waals surface area contributed by atoms with Crippen molar-refractivity contribution < 1.29 is 23.5 Å². The highest BCUT2D eigenvalue weighted by atomic mass is 79.9. The van der Waals surface area contributed by atoms with Crippen LogP contribution in [0.5, 0.6) is 11.5 Å². The first-order chi connectivity index (χ1) is 16.9. The summed E-state index contributed by atoms with van der Waals surface area (Å²) in [6.45, 7) is 0.321. The Morgan fingerprint density at radius 2 is 1.83 bits per heavy atom. The van der Waals surface area contributed by atoms with Gasteiger partial charge in [0.15, 0.2) is 0 Å². The van der Waals surface area contributed by atoms with E-state index >= 15 is 0 Å². The van der Waals surface area contributed by atoms with E-state index in [0.717, 1.165) is 26.7 Å². The second kappa shape index (κ2) is 11.2. The van der Waals surface area contributed by atoms with Crippen molar-refractivity contribution in [3.63, 3.8) is 0 Å². The minimum Gasteiger partial charge on any atom is -0.492 e. The lowest BCUT2D eigenvalue weighted by molar-refractivity contribution is -0.123. The zero-order chi connectivity index (χ0) is 24.8. The molecule has 0 aliphatic carbocycles. The van der Waals surface area contributed by atoms with Crippen molar-refractivity contribution in [3.05, 3.63) is 98.6 Å². The first-order valence-corrected chi connectivity index (χ1v) is 12.1. The Bertz CT molecular complexity index is 1340. The van der Waals surface area contributed by atoms with E-state index in [-0.39, 0.29) is 30.5 Å². The highest BCUT2D eigenvalue weighted by Gasteiger charge is 2.35. The van der Waals surface area contributed by atoms with Gasteiger partial charge in [0.1, 0.15) is 30.5 Å². The smallest absolute Gasteiger partial charge is 0.293 e. The van der Waals surface area contributed by atoms with E-state index in [1.807, 2.05) is 12.1 Å². The molecule has 0 N–H and O–H groups in total. The molecule has 0 spiro atoms. The number of hydrogen-bond donors (Lipinski definition) is 0. The van der Waals surface area contributed by atoms with Crippen molar-refractivity contribution in [2.75, 3.05) is 13.2 Å². The van der Waals surface area contributed by atoms with Crippen LogP contribution in [-0.2, 0) is 11.4 Å². The fourth-order valence-electron chi connectivity index (χ4n) is 3.29. The number of ether oxygens (including phenoxy) is 2. The van der Waals surface area contributed by atoms with Gasteiger partial charge in [0.25, 0.3) is 11.1 Å². The predicted molar refractivity (Wildman–Crippen MR) is 134 cm³/mol. The molecule has 1 aliphatic rings. The Hall–Kier alpha value is -3.61. The number of rotatable bonds is 8. The number of carbonyl (C=O) groups excluding carboxylic acids is 2. The van der Waals surface area contributed by atoms with Crippen LogP contribution in [-0.4, -0.2) is 29.2 Å². The number of amides is 2. The van der Waals surface area contributed by atoms with Gasteiger partial charge in [-0.1, -0.05) is 34.1 Å². The van der Waals surface area contributed by atoms with Crippen LogP contribution in [0.4, 0.5) is 9.18 Å². The highest BCUT2D eigenvalue weighted by molar-refractivity contribution is 9.10. The average Bonchev–Trinajstić information content (AvgIpc) is 3.12. The first-order valence-electron chi connectivity index (χ1n) is 10.5. The molecule has 0 saturated carbocycles. The molecule has 6 nitrogen and oxygen atoms in total. The van der Waals surface area contributed by atoms with Gasteiger partial charge in [-0.2, -0.15) is 5.26 Å². The molecular formula is C26H18BrFN2O4S. The fraction of sp³-hybridized carbons (Fsp3) is 0.115. The summed E-state index contributed by atoms with van der Waals surface area (Å²) in [5.74, 6) is 0.150. The minimum absolute atomic E-state index is 0.0617. The summed E-state index contributed by atoms with van der Waals surface area (Å²) in [4.78, 5) is 26.7. The Kier molecular flexibility index (Phi) is 7.85. The Labute approximate surface area is 214 Å². The van der Waals surface area contributed by atoms with Crippen molar-refractivity contribution in [1.29, 1.82) is 5.26 Å². The SMILES string of the molecule is N#Cc1ccccc1COc1ccc(Br)cc1/C=C1\SC(=O)N(CCOc2ccc(F)cc2)C1=O. The van der Waals surface area contributed by atoms with Crippen molar-refractivity contribution >= 4 is 44.9 Å². The number of hydrogen-bond acceptors (Lipinski definition) is 6. The summed E-state index contributed by atoms with van der Waals surface area (Å²) in [6.07, 6.45) is 1.61. The van der Waals surface area contributed by atoms with Gasteiger partial charge < -0.3 is 9.47 Å². The zero-order valence-corrected chi connectivity index (χ0v) is 20.6. The molecule has 1 heterocycles. The molecule has 9 heteroatoms. The fourth-order valence-corrected chi connectivity index (χ4v) is 4.53. The lowest BCUT2D eigenvalue weighted by atomic mass is 10.1. The maximum absolute atomic E-state index is 13.0. The molecule has 3 aromatic carbocycles. The monoisotopic (exact) mass is 552 g/mol. The molecule has 35 heavy (non-hydrogen) atoms. The molecule has 0 atom stereocenters. The Morgan fingerprint density at radius 1 is 1.06 bits per heavy atom. The second-order valence-corrected chi connectivity index (χ2v) is 9.28. The molecule has 3 aromatic rings. The summed E-state index contributed by atoms with van der Waals surface area (Å²) in [5.41, 5.74) is 1.88. The quantitative estimate of drug-likeness (QED) is 0.311.